The first kappa shape index (κ1) is 15.3. The van der Waals surface area contributed by atoms with Crippen molar-refractivity contribution in [2.45, 2.75) is 6.04 Å². The number of benzene rings is 1. The second-order valence-corrected chi connectivity index (χ2v) is 4.54. The second-order valence-electron chi connectivity index (χ2n) is 4.54. The zero-order valence-electron chi connectivity index (χ0n) is 11.0. The molecule has 1 aliphatic heterocycles. The van der Waals surface area contributed by atoms with Crippen LogP contribution >= 0.6 is 0 Å². The number of aliphatic carboxylic acids is 1. The molecule has 1 atom stereocenters. The lowest BCUT2D eigenvalue weighted by atomic mass is 10.2. The number of anilines is 1. The number of carboxylic acid groups (broad SMARTS) is 1. The van der Waals surface area contributed by atoms with Crippen LogP contribution in [-0.2, 0) is 14.3 Å². The average molecular weight is 300 g/mol. The molecule has 0 spiro atoms. The summed E-state index contributed by atoms with van der Waals surface area (Å²) in [6.07, 6.45) is 0. The van der Waals surface area contributed by atoms with E-state index in [1.165, 1.54) is 11.0 Å². The molecule has 1 fully saturated rings. The van der Waals surface area contributed by atoms with E-state index in [0.29, 0.717) is 6.61 Å². The molecule has 114 valence electrons. The van der Waals surface area contributed by atoms with Crippen LogP contribution in [0.5, 0.6) is 0 Å². The van der Waals surface area contributed by atoms with Crippen molar-refractivity contribution >= 4 is 17.6 Å². The van der Waals surface area contributed by atoms with Crippen molar-refractivity contribution in [3.63, 3.8) is 0 Å². The number of para-hydroxylation sites is 1. The number of carboxylic acids is 1. The minimum Gasteiger partial charge on any atom is -0.480 e. The van der Waals surface area contributed by atoms with Gasteiger partial charge in [-0.1, -0.05) is 6.07 Å². The maximum absolute atomic E-state index is 13.4. The van der Waals surface area contributed by atoms with E-state index in [1.54, 1.807) is 0 Å². The van der Waals surface area contributed by atoms with Gasteiger partial charge in [-0.2, -0.15) is 0 Å². The predicted molar refractivity (Wildman–Crippen MR) is 68.8 cm³/mol. The van der Waals surface area contributed by atoms with E-state index in [1.807, 2.05) is 0 Å². The summed E-state index contributed by atoms with van der Waals surface area (Å²) >= 11 is 0. The third-order valence-corrected chi connectivity index (χ3v) is 3.10. The fraction of sp³-hybridized carbons (Fsp3) is 0.385. The molecule has 1 unspecified atom stereocenters. The first-order valence-corrected chi connectivity index (χ1v) is 6.27. The number of ether oxygens (including phenoxy) is 1. The van der Waals surface area contributed by atoms with Gasteiger partial charge in [0, 0.05) is 6.54 Å². The zero-order chi connectivity index (χ0) is 15.4. The molecule has 1 aromatic carbocycles. The molecule has 6 nitrogen and oxygen atoms in total. The van der Waals surface area contributed by atoms with Crippen LogP contribution in [-0.4, -0.2) is 54.2 Å². The number of carbonyl (C=O) groups is 2. The predicted octanol–water partition coefficient (Wildman–Crippen LogP) is 0.689. The fourth-order valence-corrected chi connectivity index (χ4v) is 2.04. The summed E-state index contributed by atoms with van der Waals surface area (Å²) < 4.78 is 31.9. The van der Waals surface area contributed by atoms with Crippen LogP contribution in [0.1, 0.15) is 0 Å². The topological polar surface area (TPSA) is 78.9 Å². The molecule has 1 aliphatic rings. The van der Waals surface area contributed by atoms with E-state index in [-0.39, 0.29) is 19.7 Å². The van der Waals surface area contributed by atoms with Crippen molar-refractivity contribution in [2.24, 2.45) is 0 Å². The van der Waals surface area contributed by atoms with Crippen LogP contribution in [0.15, 0.2) is 18.2 Å². The highest BCUT2D eigenvalue weighted by molar-refractivity contribution is 5.92. The number of hydrogen-bond acceptors (Lipinski definition) is 4. The van der Waals surface area contributed by atoms with Crippen molar-refractivity contribution in [2.75, 3.05) is 31.6 Å². The van der Waals surface area contributed by atoms with Crippen LogP contribution in [0.3, 0.4) is 0 Å². The Morgan fingerprint density at radius 1 is 1.38 bits per heavy atom. The maximum Gasteiger partial charge on any atom is 0.323 e. The van der Waals surface area contributed by atoms with Gasteiger partial charge in [0.05, 0.1) is 19.8 Å². The van der Waals surface area contributed by atoms with Crippen LogP contribution in [0.4, 0.5) is 14.5 Å². The van der Waals surface area contributed by atoms with Crippen molar-refractivity contribution in [1.29, 1.82) is 0 Å². The summed E-state index contributed by atoms with van der Waals surface area (Å²) in [5.41, 5.74) is -0.539. The van der Waals surface area contributed by atoms with E-state index in [2.05, 4.69) is 5.32 Å². The van der Waals surface area contributed by atoms with Gasteiger partial charge in [-0.05, 0) is 12.1 Å². The summed E-state index contributed by atoms with van der Waals surface area (Å²) in [5.74, 6) is -3.58. The Kier molecular flexibility index (Phi) is 4.81. The van der Waals surface area contributed by atoms with Gasteiger partial charge in [0.2, 0.25) is 5.91 Å². The van der Waals surface area contributed by atoms with E-state index in [0.717, 1.165) is 12.1 Å². The molecule has 0 radical (unpaired) electrons. The number of rotatable bonds is 4. The smallest absolute Gasteiger partial charge is 0.323 e. The van der Waals surface area contributed by atoms with Gasteiger partial charge in [-0.3, -0.25) is 14.5 Å². The number of nitrogens with one attached hydrogen (secondary N) is 1. The van der Waals surface area contributed by atoms with E-state index in [4.69, 9.17) is 9.84 Å². The van der Waals surface area contributed by atoms with Gasteiger partial charge >= 0.3 is 5.97 Å². The average Bonchev–Trinajstić information content (AvgIpc) is 2.43. The molecule has 0 aromatic heterocycles. The van der Waals surface area contributed by atoms with Gasteiger partial charge in [-0.25, -0.2) is 8.78 Å². The SMILES string of the molecule is O=C(CN1CCOCC1C(=O)O)Nc1c(F)cccc1F. The minimum absolute atomic E-state index is 0.0311. The molecule has 21 heavy (non-hydrogen) atoms. The first-order chi connectivity index (χ1) is 9.99. The molecular formula is C13H14F2N2O4. The van der Waals surface area contributed by atoms with Crippen molar-refractivity contribution in [1.82, 2.24) is 4.90 Å². The van der Waals surface area contributed by atoms with E-state index in [9.17, 15) is 18.4 Å². The molecule has 8 heteroatoms. The summed E-state index contributed by atoms with van der Waals surface area (Å²) in [6, 6.07) is 2.28. The Hall–Kier alpha value is -2.06. The Balaban J connectivity index is 2.02. The van der Waals surface area contributed by atoms with Gasteiger partial charge < -0.3 is 15.2 Å². The third-order valence-electron chi connectivity index (χ3n) is 3.10. The number of nitrogens with zero attached hydrogens (tertiary/aromatic N) is 1. The molecule has 1 heterocycles. The standard InChI is InChI=1S/C13H14F2N2O4/c14-8-2-1-3-9(15)12(8)16-11(18)6-17-4-5-21-7-10(17)13(19)20/h1-3,10H,4-7H2,(H,16,18)(H,19,20). The van der Waals surface area contributed by atoms with E-state index >= 15 is 0 Å². The van der Waals surface area contributed by atoms with E-state index < -0.39 is 35.2 Å². The molecule has 0 aliphatic carbocycles. The zero-order valence-corrected chi connectivity index (χ0v) is 11.0. The summed E-state index contributed by atoms with van der Waals surface area (Å²) in [7, 11) is 0. The number of amides is 1. The third kappa shape index (κ3) is 3.73. The van der Waals surface area contributed by atoms with Crippen molar-refractivity contribution in [3.05, 3.63) is 29.8 Å². The number of carbonyl (C=O) groups excluding carboxylic acids is 1. The lowest BCUT2D eigenvalue weighted by molar-refractivity contribution is -0.150. The molecule has 2 rings (SSSR count). The molecule has 0 bridgehead atoms. The highest BCUT2D eigenvalue weighted by Crippen LogP contribution is 2.18. The fourth-order valence-electron chi connectivity index (χ4n) is 2.04. The van der Waals surface area contributed by atoms with Crippen molar-refractivity contribution < 1.29 is 28.2 Å². The monoisotopic (exact) mass is 300 g/mol. The number of halogens is 2. The van der Waals surface area contributed by atoms with Gasteiger partial charge in [0.25, 0.3) is 0 Å². The largest absolute Gasteiger partial charge is 0.480 e. The number of hydrogen-bond donors (Lipinski definition) is 2. The maximum atomic E-state index is 13.4. The number of morpholine rings is 1. The van der Waals surface area contributed by atoms with Crippen LogP contribution < -0.4 is 5.32 Å². The Bertz CT molecular complexity index is 533. The Morgan fingerprint density at radius 3 is 2.67 bits per heavy atom. The van der Waals surface area contributed by atoms with Crippen LogP contribution in [0.25, 0.3) is 0 Å². The summed E-state index contributed by atoms with van der Waals surface area (Å²) in [4.78, 5) is 24.3. The van der Waals surface area contributed by atoms with Gasteiger partial charge in [0.15, 0.2) is 0 Å². The lowest BCUT2D eigenvalue weighted by Crippen LogP contribution is -2.52. The first-order valence-electron chi connectivity index (χ1n) is 6.27. The summed E-state index contributed by atoms with van der Waals surface area (Å²) in [5, 5.41) is 11.1. The molecular weight excluding hydrogens is 286 g/mol. The van der Waals surface area contributed by atoms with Gasteiger partial charge in [-0.15, -0.1) is 0 Å². The summed E-state index contributed by atoms with van der Waals surface area (Å²) in [6.45, 7) is 0.236. The molecule has 1 amide bonds. The lowest BCUT2D eigenvalue weighted by Gasteiger charge is -2.32. The Labute approximate surface area is 119 Å². The normalized spacial score (nSPS) is 19.2. The quantitative estimate of drug-likeness (QED) is 0.855. The molecule has 0 saturated carbocycles. The van der Waals surface area contributed by atoms with Crippen LogP contribution in [0, 0.1) is 11.6 Å². The van der Waals surface area contributed by atoms with Crippen LogP contribution in [0.2, 0.25) is 0 Å². The highest BCUT2D eigenvalue weighted by atomic mass is 19.1. The molecule has 1 aromatic rings. The second kappa shape index (κ2) is 6.59. The van der Waals surface area contributed by atoms with Crippen molar-refractivity contribution in [3.8, 4) is 0 Å². The molecule has 1 saturated heterocycles. The molecule has 2 N–H and O–H groups in total. The Morgan fingerprint density at radius 2 is 2.05 bits per heavy atom. The van der Waals surface area contributed by atoms with Gasteiger partial charge in [0.1, 0.15) is 23.4 Å². The minimum atomic E-state index is -1.11. The highest BCUT2D eigenvalue weighted by Gasteiger charge is 2.30.